The second-order valence-corrected chi connectivity index (χ2v) is 5.67. The maximum atomic E-state index is 12.0. The third kappa shape index (κ3) is 5.93. The van der Waals surface area contributed by atoms with Crippen LogP contribution in [0.4, 0.5) is 18.9 Å². The Kier molecular flexibility index (Phi) is 5.64. The molecule has 0 aromatic heterocycles. The lowest BCUT2D eigenvalue weighted by molar-refractivity contribution is -0.274. The number of rotatable bonds is 5. The number of ether oxygens (including phenoxy) is 1. The van der Waals surface area contributed by atoms with E-state index in [9.17, 15) is 18.0 Å². The first-order valence-electron chi connectivity index (χ1n) is 6.42. The Morgan fingerprint density at radius 3 is 2.22 bits per heavy atom. The summed E-state index contributed by atoms with van der Waals surface area (Å²) in [6.45, 7) is 0. The smallest absolute Gasteiger partial charge is 0.406 e. The minimum Gasteiger partial charge on any atom is -0.406 e. The summed E-state index contributed by atoms with van der Waals surface area (Å²) < 4.78 is 40.9. The summed E-state index contributed by atoms with van der Waals surface area (Å²) in [5.41, 5.74) is 1.09. The van der Waals surface area contributed by atoms with E-state index in [0.717, 1.165) is 3.57 Å². The molecule has 0 amide bonds. The van der Waals surface area contributed by atoms with Crippen molar-refractivity contribution >= 4 is 34.1 Å². The highest BCUT2D eigenvalue weighted by Gasteiger charge is 2.30. The Hall–Kier alpha value is -2.03. The van der Waals surface area contributed by atoms with Crippen molar-refractivity contribution in [1.29, 1.82) is 0 Å². The topological polar surface area (TPSA) is 38.3 Å². The quantitative estimate of drug-likeness (QED) is 0.410. The van der Waals surface area contributed by atoms with E-state index in [-0.39, 0.29) is 11.5 Å². The predicted molar refractivity (Wildman–Crippen MR) is 89.4 cm³/mol. The average Bonchev–Trinajstić information content (AvgIpc) is 2.48. The number of allylic oxidation sites excluding steroid dienone is 1. The molecule has 1 N–H and O–H groups in total. The Balaban J connectivity index is 1.92. The molecule has 0 aliphatic rings. The molecule has 0 fully saturated rings. The number of hydrogen-bond donors (Lipinski definition) is 1. The van der Waals surface area contributed by atoms with E-state index in [0.29, 0.717) is 11.3 Å². The first-order valence-corrected chi connectivity index (χ1v) is 7.50. The highest BCUT2D eigenvalue weighted by atomic mass is 127. The number of halogens is 4. The maximum Gasteiger partial charge on any atom is 0.573 e. The van der Waals surface area contributed by atoms with E-state index in [1.54, 1.807) is 12.1 Å². The van der Waals surface area contributed by atoms with Crippen LogP contribution in [0.5, 0.6) is 5.75 Å². The zero-order valence-corrected chi connectivity index (χ0v) is 13.8. The number of ketones is 1. The Morgan fingerprint density at radius 2 is 1.65 bits per heavy atom. The number of nitrogens with one attached hydrogen (secondary N) is 1. The zero-order chi connectivity index (χ0) is 16.9. The zero-order valence-electron chi connectivity index (χ0n) is 11.6. The minimum atomic E-state index is -4.71. The third-order valence-electron chi connectivity index (χ3n) is 2.70. The van der Waals surface area contributed by atoms with Crippen LogP contribution in [-0.2, 0) is 0 Å². The Labute approximate surface area is 144 Å². The Morgan fingerprint density at radius 1 is 1.04 bits per heavy atom. The molecule has 0 radical (unpaired) electrons. The highest BCUT2D eigenvalue weighted by molar-refractivity contribution is 14.1. The normalized spacial score (nSPS) is 11.5. The monoisotopic (exact) mass is 433 g/mol. The van der Waals surface area contributed by atoms with Gasteiger partial charge in [-0.3, -0.25) is 4.79 Å². The summed E-state index contributed by atoms with van der Waals surface area (Å²) in [5, 5.41) is 2.81. The van der Waals surface area contributed by atoms with Crippen LogP contribution in [-0.4, -0.2) is 12.1 Å². The molecule has 120 valence electrons. The molecule has 23 heavy (non-hydrogen) atoms. The van der Waals surface area contributed by atoms with Crippen LogP contribution < -0.4 is 10.1 Å². The van der Waals surface area contributed by atoms with Crippen molar-refractivity contribution in [1.82, 2.24) is 0 Å². The van der Waals surface area contributed by atoms with Crippen molar-refractivity contribution < 1.29 is 22.7 Å². The Bertz CT molecular complexity index is 695. The molecule has 3 nitrogen and oxygen atoms in total. The minimum absolute atomic E-state index is 0.175. The first kappa shape index (κ1) is 17.3. The van der Waals surface area contributed by atoms with Crippen LogP contribution in [0.3, 0.4) is 0 Å². The second kappa shape index (κ2) is 7.49. The fraction of sp³-hybridized carbons (Fsp3) is 0.0625. The molecular weight excluding hydrogens is 422 g/mol. The lowest BCUT2D eigenvalue weighted by Crippen LogP contribution is -2.16. The van der Waals surface area contributed by atoms with Gasteiger partial charge in [-0.25, -0.2) is 0 Å². The molecule has 0 saturated heterocycles. The molecule has 7 heteroatoms. The van der Waals surface area contributed by atoms with Gasteiger partial charge in [-0.2, -0.15) is 0 Å². The van der Waals surface area contributed by atoms with Gasteiger partial charge in [0.2, 0.25) is 0 Å². The summed E-state index contributed by atoms with van der Waals surface area (Å²) in [6.07, 6.45) is -1.93. The SMILES string of the molecule is O=C(/C=C\Nc1ccc(OC(F)(F)F)cc1)c1ccc(I)cc1. The highest BCUT2D eigenvalue weighted by Crippen LogP contribution is 2.23. The summed E-state index contributed by atoms with van der Waals surface area (Å²) in [7, 11) is 0. The fourth-order valence-electron chi connectivity index (χ4n) is 1.68. The third-order valence-corrected chi connectivity index (χ3v) is 3.42. The van der Waals surface area contributed by atoms with Gasteiger partial charge >= 0.3 is 6.36 Å². The second-order valence-electron chi connectivity index (χ2n) is 4.42. The standard InChI is InChI=1S/C16H11F3INO2/c17-16(18,19)23-14-7-5-13(6-8-14)21-10-9-15(22)11-1-3-12(20)4-2-11/h1-10,21H/b10-9-. The van der Waals surface area contributed by atoms with Gasteiger partial charge in [0.05, 0.1) is 0 Å². The molecule has 0 unspecified atom stereocenters. The van der Waals surface area contributed by atoms with Crippen molar-refractivity contribution in [3.8, 4) is 5.75 Å². The number of alkyl halides is 3. The van der Waals surface area contributed by atoms with Gasteiger partial charge in [0.25, 0.3) is 0 Å². The van der Waals surface area contributed by atoms with E-state index in [1.807, 2.05) is 12.1 Å². The predicted octanol–water partition coefficient (Wildman–Crippen LogP) is 5.00. The molecule has 0 aliphatic carbocycles. The van der Waals surface area contributed by atoms with E-state index >= 15 is 0 Å². The number of hydrogen-bond acceptors (Lipinski definition) is 3. The number of carbonyl (C=O) groups is 1. The molecule has 2 aromatic carbocycles. The van der Waals surface area contributed by atoms with Crippen LogP contribution in [0.2, 0.25) is 0 Å². The molecule has 0 aliphatic heterocycles. The van der Waals surface area contributed by atoms with Crippen molar-refractivity contribution in [2.24, 2.45) is 0 Å². The summed E-state index contributed by atoms with van der Waals surface area (Å²) in [4.78, 5) is 11.9. The van der Waals surface area contributed by atoms with Crippen molar-refractivity contribution in [3.05, 3.63) is 69.9 Å². The van der Waals surface area contributed by atoms with Crippen LogP contribution in [0.25, 0.3) is 0 Å². The fourth-order valence-corrected chi connectivity index (χ4v) is 2.04. The van der Waals surface area contributed by atoms with Crippen LogP contribution >= 0.6 is 22.6 Å². The molecule has 2 aromatic rings. The van der Waals surface area contributed by atoms with E-state index in [1.165, 1.54) is 36.5 Å². The molecule has 0 atom stereocenters. The van der Waals surface area contributed by atoms with Gasteiger partial charge in [-0.1, -0.05) is 12.1 Å². The van der Waals surface area contributed by atoms with Crippen molar-refractivity contribution in [2.45, 2.75) is 6.36 Å². The molecule has 0 spiro atoms. The van der Waals surface area contributed by atoms with Crippen LogP contribution in [0.1, 0.15) is 10.4 Å². The van der Waals surface area contributed by atoms with Crippen molar-refractivity contribution in [2.75, 3.05) is 5.32 Å². The molecule has 0 saturated carbocycles. The molecule has 0 bridgehead atoms. The average molecular weight is 433 g/mol. The van der Waals surface area contributed by atoms with Gasteiger partial charge in [0.1, 0.15) is 5.75 Å². The van der Waals surface area contributed by atoms with Crippen LogP contribution in [0.15, 0.2) is 60.8 Å². The molecular formula is C16H11F3INO2. The molecule has 2 rings (SSSR count). The largest absolute Gasteiger partial charge is 0.573 e. The van der Waals surface area contributed by atoms with Gasteiger partial charge in [-0.05, 0) is 59.0 Å². The van der Waals surface area contributed by atoms with Crippen LogP contribution in [0, 0.1) is 3.57 Å². The maximum absolute atomic E-state index is 12.0. The van der Waals surface area contributed by atoms with Gasteiger partial charge < -0.3 is 10.1 Å². The van der Waals surface area contributed by atoms with Gasteiger partial charge in [-0.15, -0.1) is 13.2 Å². The lowest BCUT2D eigenvalue weighted by Gasteiger charge is -2.09. The first-order chi connectivity index (χ1) is 10.8. The lowest BCUT2D eigenvalue weighted by atomic mass is 10.1. The summed E-state index contributed by atoms with van der Waals surface area (Å²) in [6, 6.07) is 12.3. The van der Waals surface area contributed by atoms with E-state index < -0.39 is 6.36 Å². The van der Waals surface area contributed by atoms with Crippen molar-refractivity contribution in [3.63, 3.8) is 0 Å². The number of carbonyl (C=O) groups excluding carboxylic acids is 1. The van der Waals surface area contributed by atoms with E-state index in [2.05, 4.69) is 32.6 Å². The number of benzene rings is 2. The molecule has 0 heterocycles. The summed E-state index contributed by atoms with van der Waals surface area (Å²) >= 11 is 2.14. The van der Waals surface area contributed by atoms with Gasteiger partial charge in [0.15, 0.2) is 5.78 Å². The number of anilines is 1. The van der Waals surface area contributed by atoms with Gasteiger partial charge in [0, 0.05) is 27.1 Å². The summed E-state index contributed by atoms with van der Waals surface area (Å²) in [5.74, 6) is -0.479. The van der Waals surface area contributed by atoms with E-state index in [4.69, 9.17) is 0 Å².